The number of fused-ring (bicyclic) bond motifs is 1. The molecule has 8 nitrogen and oxygen atoms in total. The van der Waals surface area contributed by atoms with Gasteiger partial charge in [0, 0.05) is 37.0 Å². The number of H-pyrrole nitrogens is 1. The first kappa shape index (κ1) is 15.6. The molecule has 2 aliphatic rings. The van der Waals surface area contributed by atoms with E-state index in [4.69, 9.17) is 4.42 Å². The van der Waals surface area contributed by atoms with E-state index >= 15 is 0 Å². The Morgan fingerprint density at radius 2 is 2.16 bits per heavy atom. The van der Waals surface area contributed by atoms with Crippen molar-refractivity contribution in [1.82, 2.24) is 20.2 Å². The third-order valence-corrected chi connectivity index (χ3v) is 4.83. The van der Waals surface area contributed by atoms with Gasteiger partial charge in [0.15, 0.2) is 0 Å². The van der Waals surface area contributed by atoms with Crippen molar-refractivity contribution in [3.8, 4) is 0 Å². The van der Waals surface area contributed by atoms with Crippen molar-refractivity contribution in [2.45, 2.75) is 19.4 Å². The molecule has 0 radical (unpaired) electrons. The van der Waals surface area contributed by atoms with Crippen LogP contribution < -0.4 is 10.9 Å². The van der Waals surface area contributed by atoms with Gasteiger partial charge in [-0.05, 0) is 18.6 Å². The van der Waals surface area contributed by atoms with Crippen LogP contribution in [0.4, 0.5) is 0 Å². The Balaban J connectivity index is 1.32. The first-order valence-corrected chi connectivity index (χ1v) is 8.19. The van der Waals surface area contributed by atoms with E-state index in [0.29, 0.717) is 25.3 Å². The van der Waals surface area contributed by atoms with Crippen molar-refractivity contribution in [3.05, 3.63) is 52.1 Å². The fourth-order valence-electron chi connectivity index (χ4n) is 3.57. The first-order chi connectivity index (χ1) is 12.0. The number of aryl methyl sites for hydroxylation is 1. The SMILES string of the molecule is Cc1nc(C(=O)N2C[C@@H]3C(NC(=O)Cc4ccoc4)[C@@H]3C2)cc(=O)[nH]1. The molecule has 25 heavy (non-hydrogen) atoms. The van der Waals surface area contributed by atoms with Crippen molar-refractivity contribution in [3.63, 3.8) is 0 Å². The minimum Gasteiger partial charge on any atom is -0.472 e. The Morgan fingerprint density at radius 1 is 1.40 bits per heavy atom. The van der Waals surface area contributed by atoms with Gasteiger partial charge in [0.25, 0.3) is 11.5 Å². The summed E-state index contributed by atoms with van der Waals surface area (Å²) in [6.07, 6.45) is 3.40. The standard InChI is InChI=1S/C17H18N4O4/c1-9-18-13(5-15(23)19-9)17(24)21-6-11-12(7-21)16(11)20-14(22)4-10-2-3-25-8-10/h2-3,5,8,11-12,16H,4,6-7H2,1H3,(H,20,22)(H,18,19,23)/t11-,12+,16?. The summed E-state index contributed by atoms with van der Waals surface area (Å²) < 4.78 is 4.96. The molecule has 4 rings (SSSR count). The van der Waals surface area contributed by atoms with Gasteiger partial charge in [0.1, 0.15) is 11.5 Å². The Bertz CT molecular complexity index is 861. The summed E-state index contributed by atoms with van der Waals surface area (Å²) in [4.78, 5) is 44.3. The minimum absolute atomic E-state index is 0.0365. The van der Waals surface area contributed by atoms with Crippen LogP contribution in [-0.4, -0.2) is 45.8 Å². The number of aromatic nitrogens is 2. The van der Waals surface area contributed by atoms with Crippen LogP contribution in [0.5, 0.6) is 0 Å². The fraction of sp³-hybridized carbons (Fsp3) is 0.412. The zero-order valence-corrected chi connectivity index (χ0v) is 13.7. The van der Waals surface area contributed by atoms with Gasteiger partial charge in [-0.25, -0.2) is 4.98 Å². The van der Waals surface area contributed by atoms with Crippen molar-refractivity contribution in [1.29, 1.82) is 0 Å². The molecule has 1 saturated carbocycles. The van der Waals surface area contributed by atoms with E-state index in [2.05, 4.69) is 15.3 Å². The number of likely N-dealkylation sites (tertiary alicyclic amines) is 1. The van der Waals surface area contributed by atoms with E-state index < -0.39 is 0 Å². The molecule has 130 valence electrons. The summed E-state index contributed by atoms with van der Waals surface area (Å²) in [7, 11) is 0. The topological polar surface area (TPSA) is 108 Å². The molecule has 1 aliphatic carbocycles. The van der Waals surface area contributed by atoms with E-state index in [9.17, 15) is 14.4 Å². The van der Waals surface area contributed by atoms with Crippen LogP contribution in [0, 0.1) is 18.8 Å². The van der Waals surface area contributed by atoms with Crippen LogP contribution >= 0.6 is 0 Å². The van der Waals surface area contributed by atoms with Crippen LogP contribution in [0.2, 0.25) is 0 Å². The summed E-state index contributed by atoms with van der Waals surface area (Å²) in [5.41, 5.74) is 0.684. The predicted octanol–water partition coefficient (Wildman–Crippen LogP) is 0.101. The van der Waals surface area contributed by atoms with E-state index in [-0.39, 0.29) is 40.9 Å². The number of nitrogens with zero attached hydrogens (tertiary/aromatic N) is 2. The molecule has 2 aromatic heterocycles. The molecule has 1 aliphatic heterocycles. The molecular weight excluding hydrogens is 324 g/mol. The fourth-order valence-corrected chi connectivity index (χ4v) is 3.57. The van der Waals surface area contributed by atoms with Crippen LogP contribution in [0.1, 0.15) is 21.9 Å². The van der Waals surface area contributed by atoms with Crippen LogP contribution in [0.15, 0.2) is 33.9 Å². The zero-order chi connectivity index (χ0) is 17.6. The lowest BCUT2D eigenvalue weighted by atomic mass is 10.2. The molecule has 1 unspecified atom stereocenters. The lowest BCUT2D eigenvalue weighted by Gasteiger charge is -2.19. The number of aromatic amines is 1. The van der Waals surface area contributed by atoms with E-state index in [1.807, 2.05) is 0 Å². The van der Waals surface area contributed by atoms with Gasteiger partial charge < -0.3 is 19.6 Å². The minimum atomic E-state index is -0.329. The maximum Gasteiger partial charge on any atom is 0.272 e. The molecule has 1 saturated heterocycles. The number of hydrogen-bond acceptors (Lipinski definition) is 5. The third kappa shape index (κ3) is 3.07. The second-order valence-corrected chi connectivity index (χ2v) is 6.66. The molecule has 2 aromatic rings. The van der Waals surface area contributed by atoms with E-state index in [0.717, 1.165) is 5.56 Å². The molecule has 2 fully saturated rings. The van der Waals surface area contributed by atoms with Crippen molar-refractivity contribution in [2.24, 2.45) is 11.8 Å². The molecular formula is C17H18N4O4. The number of rotatable bonds is 4. The Morgan fingerprint density at radius 3 is 2.80 bits per heavy atom. The van der Waals surface area contributed by atoms with Gasteiger partial charge in [-0.1, -0.05) is 0 Å². The molecule has 0 aromatic carbocycles. The highest BCUT2D eigenvalue weighted by Crippen LogP contribution is 2.45. The molecule has 0 spiro atoms. The molecule has 2 N–H and O–H groups in total. The Kier molecular flexibility index (Phi) is 3.67. The number of amides is 2. The van der Waals surface area contributed by atoms with Crippen molar-refractivity contribution < 1.29 is 14.0 Å². The highest BCUT2D eigenvalue weighted by molar-refractivity contribution is 5.92. The second-order valence-electron chi connectivity index (χ2n) is 6.66. The van der Waals surface area contributed by atoms with Gasteiger partial charge in [-0.2, -0.15) is 0 Å². The second kappa shape index (κ2) is 5.87. The highest BCUT2D eigenvalue weighted by atomic mass is 16.3. The molecule has 8 heteroatoms. The Labute approximate surface area is 143 Å². The Hall–Kier alpha value is -2.90. The van der Waals surface area contributed by atoms with Crippen LogP contribution in [0.25, 0.3) is 0 Å². The van der Waals surface area contributed by atoms with Gasteiger partial charge >= 0.3 is 0 Å². The summed E-state index contributed by atoms with van der Waals surface area (Å²) >= 11 is 0. The summed E-state index contributed by atoms with van der Waals surface area (Å²) in [6.45, 7) is 2.80. The zero-order valence-electron chi connectivity index (χ0n) is 13.7. The maximum absolute atomic E-state index is 12.5. The lowest BCUT2D eigenvalue weighted by molar-refractivity contribution is -0.120. The average Bonchev–Trinajstić information content (AvgIpc) is 2.99. The lowest BCUT2D eigenvalue weighted by Crippen LogP contribution is -2.38. The van der Waals surface area contributed by atoms with Gasteiger partial charge in [-0.3, -0.25) is 14.4 Å². The number of furan rings is 1. The smallest absolute Gasteiger partial charge is 0.272 e. The van der Waals surface area contributed by atoms with Gasteiger partial charge in [0.2, 0.25) is 5.91 Å². The monoisotopic (exact) mass is 342 g/mol. The van der Waals surface area contributed by atoms with Crippen molar-refractivity contribution >= 4 is 11.8 Å². The molecule has 2 amide bonds. The van der Waals surface area contributed by atoms with Gasteiger partial charge in [0.05, 0.1) is 18.9 Å². The van der Waals surface area contributed by atoms with E-state index in [1.165, 1.54) is 6.07 Å². The third-order valence-electron chi connectivity index (χ3n) is 4.83. The quantitative estimate of drug-likeness (QED) is 0.819. The number of carbonyl (C=O) groups is 2. The molecule has 3 atom stereocenters. The number of nitrogens with one attached hydrogen (secondary N) is 2. The first-order valence-electron chi connectivity index (χ1n) is 8.19. The summed E-state index contributed by atoms with van der Waals surface area (Å²) in [5, 5.41) is 3.02. The van der Waals surface area contributed by atoms with Crippen molar-refractivity contribution in [2.75, 3.05) is 13.1 Å². The number of piperidine rings is 1. The molecule has 3 heterocycles. The predicted molar refractivity (Wildman–Crippen MR) is 86.8 cm³/mol. The number of carbonyl (C=O) groups excluding carboxylic acids is 2. The summed E-state index contributed by atoms with van der Waals surface area (Å²) in [6, 6.07) is 3.12. The maximum atomic E-state index is 12.5. The van der Waals surface area contributed by atoms with Gasteiger partial charge in [-0.15, -0.1) is 0 Å². The number of hydrogen-bond donors (Lipinski definition) is 2. The van der Waals surface area contributed by atoms with Crippen LogP contribution in [-0.2, 0) is 11.2 Å². The highest BCUT2D eigenvalue weighted by Gasteiger charge is 2.57. The van der Waals surface area contributed by atoms with E-state index in [1.54, 1.807) is 30.4 Å². The normalized spacial score (nSPS) is 24.0. The largest absolute Gasteiger partial charge is 0.472 e. The summed E-state index contributed by atoms with van der Waals surface area (Å²) in [5.74, 6) is 0.709. The average molecular weight is 342 g/mol. The molecule has 0 bridgehead atoms. The van der Waals surface area contributed by atoms with Crippen LogP contribution in [0.3, 0.4) is 0 Å².